The molecule has 0 unspecified atom stereocenters. The van der Waals surface area contributed by atoms with E-state index in [4.69, 9.17) is 14.2 Å². The number of rotatable bonds is 7. The highest BCUT2D eigenvalue weighted by molar-refractivity contribution is 5.48. The average molecular weight is 349 g/mol. The van der Waals surface area contributed by atoms with E-state index in [-0.39, 0.29) is 0 Å². The van der Waals surface area contributed by atoms with E-state index in [1.54, 1.807) is 14.2 Å². The highest BCUT2D eigenvalue weighted by atomic mass is 16.5. The first-order chi connectivity index (χ1) is 12.1. The topological polar surface area (TPSA) is 51.2 Å². The van der Waals surface area contributed by atoms with Gasteiger partial charge in [-0.1, -0.05) is 13.3 Å². The Balaban J connectivity index is 1.53. The summed E-state index contributed by atoms with van der Waals surface area (Å²) >= 11 is 0. The maximum atomic E-state index is 10.4. The molecule has 3 atom stereocenters. The molecule has 2 aliphatic rings. The molecule has 1 aliphatic heterocycles. The van der Waals surface area contributed by atoms with Crippen molar-refractivity contribution in [2.24, 2.45) is 5.92 Å². The Labute approximate surface area is 150 Å². The zero-order valence-corrected chi connectivity index (χ0v) is 15.7. The predicted octanol–water partition coefficient (Wildman–Crippen LogP) is 2.63. The number of nitrogens with zero attached hydrogens (tertiary/aromatic N) is 1. The molecule has 3 rings (SSSR count). The summed E-state index contributed by atoms with van der Waals surface area (Å²) < 4.78 is 16.7. The zero-order chi connectivity index (χ0) is 17.8. The smallest absolute Gasteiger partial charge is 0.161 e. The Kier molecular flexibility index (Phi) is 6.20. The monoisotopic (exact) mass is 349 g/mol. The molecule has 1 aromatic carbocycles. The molecule has 1 saturated carbocycles. The van der Waals surface area contributed by atoms with E-state index in [9.17, 15) is 5.11 Å². The number of aliphatic hydroxyl groups is 1. The van der Waals surface area contributed by atoms with Gasteiger partial charge in [0.05, 0.1) is 33.0 Å². The fraction of sp³-hybridized carbons (Fsp3) is 0.700. The lowest BCUT2D eigenvalue weighted by molar-refractivity contribution is -0.0329. The van der Waals surface area contributed by atoms with Crippen molar-refractivity contribution in [2.75, 3.05) is 33.9 Å². The van der Waals surface area contributed by atoms with E-state index in [2.05, 4.69) is 24.0 Å². The molecule has 25 heavy (non-hydrogen) atoms. The summed E-state index contributed by atoms with van der Waals surface area (Å²) in [7, 11) is 3.33. The van der Waals surface area contributed by atoms with E-state index in [1.807, 2.05) is 0 Å². The van der Waals surface area contributed by atoms with Crippen molar-refractivity contribution >= 4 is 0 Å². The highest BCUT2D eigenvalue weighted by Crippen LogP contribution is 2.33. The van der Waals surface area contributed by atoms with Crippen LogP contribution in [0.5, 0.6) is 11.5 Å². The second-order valence-electron chi connectivity index (χ2n) is 7.39. The van der Waals surface area contributed by atoms with Crippen molar-refractivity contribution in [1.29, 1.82) is 0 Å². The maximum absolute atomic E-state index is 10.4. The Bertz CT molecular complexity index is 577. The summed E-state index contributed by atoms with van der Waals surface area (Å²) in [6, 6.07) is 4.13. The molecule has 1 aromatic rings. The lowest BCUT2D eigenvalue weighted by Crippen LogP contribution is -2.39. The van der Waals surface area contributed by atoms with Crippen molar-refractivity contribution in [2.45, 2.75) is 51.4 Å². The van der Waals surface area contributed by atoms with Crippen molar-refractivity contribution in [3.8, 4) is 11.5 Å². The van der Waals surface area contributed by atoms with Crippen molar-refractivity contribution in [3.05, 3.63) is 23.3 Å². The van der Waals surface area contributed by atoms with Crippen LogP contribution in [0.1, 0.15) is 37.3 Å². The van der Waals surface area contributed by atoms with Gasteiger partial charge in [-0.2, -0.15) is 0 Å². The van der Waals surface area contributed by atoms with Gasteiger partial charge in [-0.25, -0.2) is 0 Å². The van der Waals surface area contributed by atoms with Crippen LogP contribution >= 0.6 is 0 Å². The average Bonchev–Trinajstić information content (AvgIpc) is 3.03. The molecule has 0 saturated heterocycles. The predicted molar refractivity (Wildman–Crippen MR) is 97.3 cm³/mol. The zero-order valence-electron chi connectivity index (χ0n) is 15.7. The molecule has 0 amide bonds. The standard InChI is InChI=1S/C20H31NO4/c1-14-5-4-6-18(14)25-13-17(22)12-21-8-7-15-9-19(23-2)20(24-3)10-16(15)11-21/h9-10,14,17-18,22H,4-8,11-13H2,1-3H3/t14-,17+,18+/m1/s1. The van der Waals surface area contributed by atoms with Crippen LogP contribution in [0.4, 0.5) is 0 Å². The molecule has 1 heterocycles. The van der Waals surface area contributed by atoms with Crippen LogP contribution in [0.25, 0.3) is 0 Å². The third-order valence-electron chi connectivity index (χ3n) is 5.55. The Morgan fingerprint density at radius 2 is 1.88 bits per heavy atom. The molecule has 0 bridgehead atoms. The van der Waals surface area contributed by atoms with Crippen LogP contribution < -0.4 is 9.47 Å². The molecule has 0 aromatic heterocycles. The van der Waals surface area contributed by atoms with Gasteiger partial charge in [0.1, 0.15) is 0 Å². The molecule has 0 spiro atoms. The Hall–Kier alpha value is -1.30. The largest absolute Gasteiger partial charge is 0.493 e. The maximum Gasteiger partial charge on any atom is 0.161 e. The first-order valence-corrected chi connectivity index (χ1v) is 9.36. The molecular weight excluding hydrogens is 318 g/mol. The number of hydrogen-bond acceptors (Lipinski definition) is 5. The SMILES string of the molecule is COc1cc2c(cc1OC)CN(C[C@H](O)CO[C@H]1CCC[C@H]1C)CC2. The fourth-order valence-corrected chi connectivity index (χ4v) is 4.04. The number of ether oxygens (including phenoxy) is 3. The van der Waals surface area contributed by atoms with E-state index >= 15 is 0 Å². The molecule has 140 valence electrons. The third-order valence-corrected chi connectivity index (χ3v) is 5.55. The second-order valence-corrected chi connectivity index (χ2v) is 7.39. The number of fused-ring (bicyclic) bond motifs is 1. The second kappa shape index (κ2) is 8.39. The molecule has 1 aliphatic carbocycles. The van der Waals surface area contributed by atoms with Crippen LogP contribution in [0.2, 0.25) is 0 Å². The van der Waals surface area contributed by atoms with Crippen molar-refractivity contribution in [3.63, 3.8) is 0 Å². The molecule has 0 radical (unpaired) electrons. The highest BCUT2D eigenvalue weighted by Gasteiger charge is 2.26. The van der Waals surface area contributed by atoms with Gasteiger partial charge in [0, 0.05) is 19.6 Å². The number of methoxy groups -OCH3 is 2. The summed E-state index contributed by atoms with van der Waals surface area (Å²) in [6.07, 6.45) is 4.48. The van der Waals surface area contributed by atoms with Crippen LogP contribution in [-0.2, 0) is 17.7 Å². The number of aliphatic hydroxyl groups excluding tert-OH is 1. The first-order valence-electron chi connectivity index (χ1n) is 9.36. The molecule has 5 nitrogen and oxygen atoms in total. The van der Waals surface area contributed by atoms with Crippen LogP contribution in [0, 0.1) is 5.92 Å². The van der Waals surface area contributed by atoms with Crippen molar-refractivity contribution in [1.82, 2.24) is 4.90 Å². The minimum absolute atomic E-state index is 0.327. The van der Waals surface area contributed by atoms with Gasteiger partial charge in [-0.05, 0) is 48.4 Å². The van der Waals surface area contributed by atoms with Gasteiger partial charge in [-0.3, -0.25) is 4.90 Å². The number of hydrogen-bond donors (Lipinski definition) is 1. The fourth-order valence-electron chi connectivity index (χ4n) is 4.04. The summed E-state index contributed by atoms with van der Waals surface area (Å²) in [5, 5.41) is 10.4. The summed E-state index contributed by atoms with van der Waals surface area (Å²) in [6.45, 7) is 5.10. The van der Waals surface area contributed by atoms with Gasteiger partial charge >= 0.3 is 0 Å². The Morgan fingerprint density at radius 3 is 2.52 bits per heavy atom. The Morgan fingerprint density at radius 1 is 1.16 bits per heavy atom. The van der Waals surface area contributed by atoms with Crippen LogP contribution in [0.3, 0.4) is 0 Å². The van der Waals surface area contributed by atoms with Gasteiger partial charge < -0.3 is 19.3 Å². The quantitative estimate of drug-likeness (QED) is 0.820. The molecule has 1 N–H and O–H groups in total. The van der Waals surface area contributed by atoms with Gasteiger partial charge in [0.15, 0.2) is 11.5 Å². The number of benzene rings is 1. The van der Waals surface area contributed by atoms with E-state index in [0.29, 0.717) is 25.2 Å². The third kappa shape index (κ3) is 4.46. The van der Waals surface area contributed by atoms with Gasteiger partial charge in [0.2, 0.25) is 0 Å². The van der Waals surface area contributed by atoms with Crippen LogP contribution in [-0.4, -0.2) is 56.1 Å². The normalized spacial score (nSPS) is 24.8. The van der Waals surface area contributed by atoms with E-state index in [0.717, 1.165) is 37.4 Å². The van der Waals surface area contributed by atoms with Gasteiger partial charge in [0.25, 0.3) is 0 Å². The summed E-state index contributed by atoms with van der Waals surface area (Å²) in [5.74, 6) is 2.17. The van der Waals surface area contributed by atoms with E-state index in [1.165, 1.54) is 24.0 Å². The van der Waals surface area contributed by atoms with Crippen molar-refractivity contribution < 1.29 is 19.3 Å². The summed E-state index contributed by atoms with van der Waals surface area (Å²) in [5.41, 5.74) is 2.56. The minimum atomic E-state index is -0.436. The number of β-amino-alcohol motifs (C(OH)–C–C–N with tert-alkyl or cyclic N) is 1. The minimum Gasteiger partial charge on any atom is -0.493 e. The lowest BCUT2D eigenvalue weighted by Gasteiger charge is -2.31. The van der Waals surface area contributed by atoms with E-state index < -0.39 is 6.10 Å². The molecule has 1 fully saturated rings. The molecule has 5 heteroatoms. The van der Waals surface area contributed by atoms with Crippen LogP contribution in [0.15, 0.2) is 12.1 Å². The lowest BCUT2D eigenvalue weighted by atomic mass is 9.98. The first kappa shape index (κ1) is 18.5. The summed E-state index contributed by atoms with van der Waals surface area (Å²) in [4.78, 5) is 2.29. The molecular formula is C20H31NO4. The van der Waals surface area contributed by atoms with Gasteiger partial charge in [-0.15, -0.1) is 0 Å².